The number of aldehydes is 1. The fourth-order valence-corrected chi connectivity index (χ4v) is 0.525. The molecular formula is C7H9F2NO. The lowest BCUT2D eigenvalue weighted by molar-refractivity contribution is -0.104. The fourth-order valence-electron chi connectivity index (χ4n) is 0.525. The molecule has 0 aromatic heterocycles. The molecule has 11 heavy (non-hydrogen) atoms. The van der Waals surface area contributed by atoms with Crippen LogP contribution in [0.2, 0.25) is 0 Å². The molecule has 0 aliphatic heterocycles. The van der Waals surface area contributed by atoms with Crippen LogP contribution in [0, 0.1) is 5.41 Å². The molecule has 0 fully saturated rings. The summed E-state index contributed by atoms with van der Waals surface area (Å²) >= 11 is 0. The number of nitrogens with one attached hydrogen (secondary N) is 1. The molecule has 0 unspecified atom stereocenters. The van der Waals surface area contributed by atoms with Gasteiger partial charge >= 0.3 is 0 Å². The summed E-state index contributed by atoms with van der Waals surface area (Å²) in [5, 5.41) is 6.85. The lowest BCUT2D eigenvalue weighted by atomic mass is 10.1. The van der Waals surface area contributed by atoms with E-state index in [2.05, 4.69) is 0 Å². The van der Waals surface area contributed by atoms with Crippen LogP contribution < -0.4 is 0 Å². The van der Waals surface area contributed by atoms with Crippen LogP contribution in [-0.4, -0.2) is 17.9 Å². The number of allylic oxidation sites excluding steroid dienone is 2. The molecule has 0 radical (unpaired) electrons. The summed E-state index contributed by atoms with van der Waals surface area (Å²) in [6, 6.07) is 0. The van der Waals surface area contributed by atoms with E-state index in [0.29, 0.717) is 6.92 Å². The number of carbonyl (C=O) groups is 1. The Balaban J connectivity index is 4.62. The predicted octanol–water partition coefficient (Wildman–Crippen LogP) is 1.81. The van der Waals surface area contributed by atoms with Crippen molar-refractivity contribution in [3.63, 3.8) is 0 Å². The van der Waals surface area contributed by atoms with E-state index in [1.807, 2.05) is 0 Å². The second kappa shape index (κ2) is 3.37. The zero-order chi connectivity index (χ0) is 9.07. The van der Waals surface area contributed by atoms with Gasteiger partial charge in [0.2, 0.25) is 0 Å². The first-order valence-electron chi connectivity index (χ1n) is 3.02. The standard InChI is InChI=1S/C7H9F2NO/c1-3-5(4-11)6(10)7(2,8)9/h3-4,10H,1-2H3/b5-3-,10-6?. The van der Waals surface area contributed by atoms with E-state index in [9.17, 15) is 13.6 Å². The highest BCUT2D eigenvalue weighted by molar-refractivity contribution is 6.16. The average Bonchev–Trinajstić information content (AvgIpc) is 1.88. The van der Waals surface area contributed by atoms with Crippen molar-refractivity contribution in [1.29, 1.82) is 5.41 Å². The van der Waals surface area contributed by atoms with Gasteiger partial charge in [0, 0.05) is 12.5 Å². The van der Waals surface area contributed by atoms with Gasteiger partial charge in [-0.15, -0.1) is 0 Å². The molecule has 0 spiro atoms. The Labute approximate surface area is 63.4 Å². The molecule has 0 aromatic rings. The van der Waals surface area contributed by atoms with Gasteiger partial charge in [-0.25, -0.2) is 0 Å². The number of halogens is 2. The Bertz CT molecular complexity index is 203. The lowest BCUT2D eigenvalue weighted by Crippen LogP contribution is -2.25. The summed E-state index contributed by atoms with van der Waals surface area (Å²) in [5.74, 6) is -3.23. The first-order chi connectivity index (χ1) is 4.93. The van der Waals surface area contributed by atoms with Crippen molar-refractivity contribution in [1.82, 2.24) is 0 Å². The maximum Gasteiger partial charge on any atom is 0.286 e. The molecule has 0 aromatic carbocycles. The minimum atomic E-state index is -3.23. The summed E-state index contributed by atoms with van der Waals surface area (Å²) in [6.07, 6.45) is 1.44. The van der Waals surface area contributed by atoms with Crippen LogP contribution in [0.3, 0.4) is 0 Å². The average molecular weight is 161 g/mol. The SMILES string of the molecule is C/C=C(/C=O)C(=N)C(C)(F)F. The molecule has 0 amide bonds. The molecule has 0 rings (SSSR count). The van der Waals surface area contributed by atoms with Crippen molar-refractivity contribution >= 4 is 12.0 Å². The third-order valence-corrected chi connectivity index (χ3v) is 1.17. The van der Waals surface area contributed by atoms with Crippen molar-refractivity contribution in [3.8, 4) is 0 Å². The Morgan fingerprint density at radius 2 is 2.00 bits per heavy atom. The molecule has 4 heteroatoms. The summed E-state index contributed by atoms with van der Waals surface area (Å²) < 4.78 is 24.6. The van der Waals surface area contributed by atoms with Crippen LogP contribution in [0.25, 0.3) is 0 Å². The maximum absolute atomic E-state index is 12.3. The van der Waals surface area contributed by atoms with Gasteiger partial charge in [-0.05, 0) is 6.92 Å². The third-order valence-electron chi connectivity index (χ3n) is 1.17. The molecule has 0 heterocycles. The van der Waals surface area contributed by atoms with E-state index in [-0.39, 0.29) is 11.9 Å². The van der Waals surface area contributed by atoms with Gasteiger partial charge in [0.05, 0.1) is 0 Å². The molecule has 0 aliphatic carbocycles. The second-order valence-corrected chi connectivity index (χ2v) is 2.13. The number of hydrogen-bond acceptors (Lipinski definition) is 2. The van der Waals surface area contributed by atoms with E-state index in [4.69, 9.17) is 5.41 Å². The third kappa shape index (κ3) is 2.57. The van der Waals surface area contributed by atoms with E-state index in [0.717, 1.165) is 0 Å². The van der Waals surface area contributed by atoms with Crippen LogP contribution in [0.15, 0.2) is 11.6 Å². The highest BCUT2D eigenvalue weighted by Crippen LogP contribution is 2.17. The zero-order valence-electron chi connectivity index (χ0n) is 6.32. The van der Waals surface area contributed by atoms with Crippen molar-refractivity contribution in [2.75, 3.05) is 0 Å². The van der Waals surface area contributed by atoms with Crippen LogP contribution in [0.4, 0.5) is 8.78 Å². The molecule has 0 aliphatic rings. The first kappa shape index (κ1) is 9.94. The van der Waals surface area contributed by atoms with Crippen molar-refractivity contribution in [2.45, 2.75) is 19.8 Å². The molecule has 0 saturated heterocycles. The van der Waals surface area contributed by atoms with E-state index < -0.39 is 11.6 Å². The van der Waals surface area contributed by atoms with Crippen molar-refractivity contribution < 1.29 is 13.6 Å². The van der Waals surface area contributed by atoms with Gasteiger partial charge in [-0.3, -0.25) is 10.2 Å². The Morgan fingerprint density at radius 3 is 2.09 bits per heavy atom. The molecular weight excluding hydrogens is 152 g/mol. The van der Waals surface area contributed by atoms with Gasteiger partial charge in [-0.1, -0.05) is 6.08 Å². The summed E-state index contributed by atoms with van der Waals surface area (Å²) in [7, 11) is 0. The van der Waals surface area contributed by atoms with Crippen molar-refractivity contribution in [2.24, 2.45) is 0 Å². The topological polar surface area (TPSA) is 40.9 Å². The normalized spacial score (nSPS) is 12.9. The van der Waals surface area contributed by atoms with Gasteiger partial charge in [0.15, 0.2) is 6.29 Å². The Kier molecular flexibility index (Phi) is 3.04. The van der Waals surface area contributed by atoms with E-state index in [1.165, 1.54) is 13.0 Å². The summed E-state index contributed by atoms with van der Waals surface area (Å²) in [4.78, 5) is 10.1. The van der Waals surface area contributed by atoms with Gasteiger partial charge < -0.3 is 0 Å². The van der Waals surface area contributed by atoms with Crippen molar-refractivity contribution in [3.05, 3.63) is 11.6 Å². The zero-order valence-corrected chi connectivity index (χ0v) is 6.32. The number of carbonyl (C=O) groups excluding carboxylic acids is 1. The second-order valence-electron chi connectivity index (χ2n) is 2.13. The minimum absolute atomic E-state index is 0.250. The molecule has 0 atom stereocenters. The number of alkyl halides is 2. The molecule has 1 N–H and O–H groups in total. The molecule has 2 nitrogen and oxygen atoms in total. The monoisotopic (exact) mass is 161 g/mol. The van der Waals surface area contributed by atoms with Crippen LogP contribution in [0.1, 0.15) is 13.8 Å². The maximum atomic E-state index is 12.3. The first-order valence-corrected chi connectivity index (χ1v) is 3.02. The highest BCUT2D eigenvalue weighted by atomic mass is 19.3. The van der Waals surface area contributed by atoms with E-state index >= 15 is 0 Å². The quantitative estimate of drug-likeness (QED) is 0.382. The van der Waals surface area contributed by atoms with E-state index in [1.54, 1.807) is 0 Å². The molecule has 0 bridgehead atoms. The van der Waals surface area contributed by atoms with Crippen LogP contribution in [-0.2, 0) is 4.79 Å². The fraction of sp³-hybridized carbons (Fsp3) is 0.429. The van der Waals surface area contributed by atoms with Crippen LogP contribution >= 0.6 is 0 Å². The lowest BCUT2D eigenvalue weighted by Gasteiger charge is -2.10. The summed E-state index contributed by atoms with van der Waals surface area (Å²) in [5.41, 5.74) is -1.20. The predicted molar refractivity (Wildman–Crippen MR) is 38.2 cm³/mol. The largest absolute Gasteiger partial charge is 0.298 e. The minimum Gasteiger partial charge on any atom is -0.298 e. The molecule has 62 valence electrons. The summed E-state index contributed by atoms with van der Waals surface area (Å²) in [6.45, 7) is 2.02. The van der Waals surface area contributed by atoms with Gasteiger partial charge in [0.25, 0.3) is 5.92 Å². The smallest absolute Gasteiger partial charge is 0.286 e. The van der Waals surface area contributed by atoms with Gasteiger partial charge in [-0.2, -0.15) is 8.78 Å². The molecule has 0 saturated carbocycles. The number of rotatable bonds is 3. The highest BCUT2D eigenvalue weighted by Gasteiger charge is 2.29. The van der Waals surface area contributed by atoms with Gasteiger partial charge in [0.1, 0.15) is 5.71 Å². The Morgan fingerprint density at radius 1 is 1.55 bits per heavy atom. The Hall–Kier alpha value is -1.06. The van der Waals surface area contributed by atoms with Crippen LogP contribution in [0.5, 0.6) is 0 Å². The number of hydrogen-bond donors (Lipinski definition) is 1.